The summed E-state index contributed by atoms with van der Waals surface area (Å²) >= 11 is 0. The highest BCUT2D eigenvalue weighted by Crippen LogP contribution is 2.27. The standard InChI is InChI=1S/C11H22N6/c1-8(2)9-10(13-5-6-17(3)4)14-7-15-11(9)16-12/h7-8H,5-6,12H2,1-4H3,(H2,13,14,15,16). The molecule has 1 rings (SSSR count). The predicted octanol–water partition coefficient (Wildman–Crippen LogP) is 0.859. The number of nitrogens with one attached hydrogen (secondary N) is 2. The van der Waals surface area contributed by atoms with Crippen LogP contribution < -0.4 is 16.6 Å². The van der Waals surface area contributed by atoms with Gasteiger partial charge in [-0.15, -0.1) is 0 Å². The lowest BCUT2D eigenvalue weighted by molar-refractivity contribution is 0.425. The topological polar surface area (TPSA) is 79.1 Å². The molecule has 0 saturated carbocycles. The minimum absolute atomic E-state index is 0.309. The average molecular weight is 238 g/mol. The Balaban J connectivity index is 2.83. The van der Waals surface area contributed by atoms with Gasteiger partial charge in [-0.1, -0.05) is 13.8 Å². The van der Waals surface area contributed by atoms with Crippen molar-refractivity contribution in [3.8, 4) is 0 Å². The third kappa shape index (κ3) is 3.83. The Kier molecular flexibility index (Phi) is 5.11. The van der Waals surface area contributed by atoms with Crippen LogP contribution in [0.2, 0.25) is 0 Å². The minimum atomic E-state index is 0.309. The van der Waals surface area contributed by atoms with Gasteiger partial charge in [0.15, 0.2) is 0 Å². The van der Waals surface area contributed by atoms with Crippen LogP contribution >= 0.6 is 0 Å². The van der Waals surface area contributed by atoms with Gasteiger partial charge in [0.2, 0.25) is 0 Å². The second kappa shape index (κ2) is 6.36. The van der Waals surface area contributed by atoms with Crippen molar-refractivity contribution in [2.45, 2.75) is 19.8 Å². The number of nitrogens with zero attached hydrogens (tertiary/aromatic N) is 3. The van der Waals surface area contributed by atoms with E-state index in [1.165, 1.54) is 6.33 Å². The molecule has 0 aromatic carbocycles. The molecule has 0 fully saturated rings. The first-order valence-corrected chi connectivity index (χ1v) is 5.76. The van der Waals surface area contributed by atoms with Gasteiger partial charge < -0.3 is 15.6 Å². The van der Waals surface area contributed by atoms with Crippen molar-refractivity contribution < 1.29 is 0 Å². The number of hydrazine groups is 1. The van der Waals surface area contributed by atoms with Crippen molar-refractivity contribution in [1.82, 2.24) is 14.9 Å². The van der Waals surface area contributed by atoms with Gasteiger partial charge in [0.1, 0.15) is 18.0 Å². The molecule has 4 N–H and O–H groups in total. The largest absolute Gasteiger partial charge is 0.368 e. The minimum Gasteiger partial charge on any atom is -0.368 e. The summed E-state index contributed by atoms with van der Waals surface area (Å²) in [5.74, 6) is 7.30. The number of nitrogen functional groups attached to an aromatic ring is 1. The second-order valence-electron chi connectivity index (χ2n) is 4.51. The molecule has 17 heavy (non-hydrogen) atoms. The van der Waals surface area contributed by atoms with E-state index in [0.717, 1.165) is 24.5 Å². The van der Waals surface area contributed by atoms with E-state index in [1.807, 2.05) is 14.1 Å². The number of anilines is 2. The summed E-state index contributed by atoms with van der Waals surface area (Å²) in [7, 11) is 4.08. The molecule has 1 heterocycles. The van der Waals surface area contributed by atoms with Gasteiger partial charge in [0.05, 0.1) is 0 Å². The van der Waals surface area contributed by atoms with Crippen molar-refractivity contribution in [2.24, 2.45) is 5.84 Å². The maximum Gasteiger partial charge on any atom is 0.148 e. The molecule has 0 aliphatic rings. The molecular formula is C11H22N6. The highest BCUT2D eigenvalue weighted by atomic mass is 15.3. The van der Waals surface area contributed by atoms with Crippen LogP contribution in [0.1, 0.15) is 25.3 Å². The van der Waals surface area contributed by atoms with Crippen molar-refractivity contribution in [2.75, 3.05) is 37.9 Å². The fraction of sp³-hybridized carbons (Fsp3) is 0.636. The van der Waals surface area contributed by atoms with Gasteiger partial charge in [0.25, 0.3) is 0 Å². The Labute approximate surface area is 103 Å². The number of nitrogens with two attached hydrogens (primary N) is 1. The molecule has 0 atom stereocenters. The van der Waals surface area contributed by atoms with Gasteiger partial charge in [-0.25, -0.2) is 15.8 Å². The Hall–Kier alpha value is -1.40. The summed E-state index contributed by atoms with van der Waals surface area (Å²) in [5.41, 5.74) is 3.64. The summed E-state index contributed by atoms with van der Waals surface area (Å²) in [6.45, 7) is 5.98. The monoisotopic (exact) mass is 238 g/mol. The van der Waals surface area contributed by atoms with E-state index < -0.39 is 0 Å². The first-order chi connectivity index (χ1) is 8.06. The molecule has 0 saturated heterocycles. The van der Waals surface area contributed by atoms with Gasteiger partial charge >= 0.3 is 0 Å². The molecule has 6 heteroatoms. The van der Waals surface area contributed by atoms with E-state index in [1.54, 1.807) is 0 Å². The molecule has 1 aromatic rings. The van der Waals surface area contributed by atoms with Crippen LogP contribution in [0.4, 0.5) is 11.6 Å². The first kappa shape index (κ1) is 13.7. The van der Waals surface area contributed by atoms with Gasteiger partial charge in [-0.05, 0) is 20.0 Å². The maximum absolute atomic E-state index is 5.46. The van der Waals surface area contributed by atoms with E-state index in [9.17, 15) is 0 Å². The third-order valence-electron chi connectivity index (χ3n) is 2.45. The molecule has 0 amide bonds. The van der Waals surface area contributed by atoms with E-state index in [2.05, 4.69) is 39.5 Å². The lowest BCUT2D eigenvalue weighted by Gasteiger charge is -2.17. The molecule has 1 aromatic heterocycles. The van der Waals surface area contributed by atoms with E-state index in [0.29, 0.717) is 11.7 Å². The molecule has 6 nitrogen and oxygen atoms in total. The lowest BCUT2D eigenvalue weighted by atomic mass is 10.0. The summed E-state index contributed by atoms with van der Waals surface area (Å²) < 4.78 is 0. The summed E-state index contributed by atoms with van der Waals surface area (Å²) in [6.07, 6.45) is 1.51. The van der Waals surface area contributed by atoms with Crippen molar-refractivity contribution in [1.29, 1.82) is 0 Å². The van der Waals surface area contributed by atoms with Crippen molar-refractivity contribution >= 4 is 11.6 Å². The van der Waals surface area contributed by atoms with E-state index in [-0.39, 0.29) is 0 Å². The number of likely N-dealkylation sites (N-methyl/N-ethyl adjacent to an activating group) is 1. The Morgan fingerprint density at radius 1 is 1.29 bits per heavy atom. The molecule has 0 unspecified atom stereocenters. The molecule has 0 aliphatic heterocycles. The summed E-state index contributed by atoms with van der Waals surface area (Å²) in [4.78, 5) is 10.5. The van der Waals surface area contributed by atoms with Crippen molar-refractivity contribution in [3.05, 3.63) is 11.9 Å². The normalized spacial score (nSPS) is 11.0. The zero-order chi connectivity index (χ0) is 12.8. The number of aromatic nitrogens is 2. The highest BCUT2D eigenvalue weighted by molar-refractivity contribution is 5.58. The molecule has 0 spiro atoms. The van der Waals surface area contributed by atoms with Gasteiger partial charge in [0, 0.05) is 18.7 Å². The number of hydrogen-bond acceptors (Lipinski definition) is 6. The van der Waals surface area contributed by atoms with Crippen LogP contribution in [-0.2, 0) is 0 Å². The fourth-order valence-electron chi connectivity index (χ4n) is 1.60. The summed E-state index contributed by atoms with van der Waals surface area (Å²) in [5, 5.41) is 3.31. The van der Waals surface area contributed by atoms with Gasteiger partial charge in [-0.2, -0.15) is 0 Å². The fourth-order valence-corrected chi connectivity index (χ4v) is 1.60. The SMILES string of the molecule is CC(C)c1c(NN)ncnc1NCCN(C)C. The van der Waals surface area contributed by atoms with Gasteiger partial charge in [-0.3, -0.25) is 0 Å². The van der Waals surface area contributed by atoms with Crippen LogP contribution in [0.25, 0.3) is 0 Å². The van der Waals surface area contributed by atoms with Crippen LogP contribution in [0, 0.1) is 0 Å². The third-order valence-corrected chi connectivity index (χ3v) is 2.45. The van der Waals surface area contributed by atoms with Crippen LogP contribution in [0.5, 0.6) is 0 Å². The second-order valence-corrected chi connectivity index (χ2v) is 4.51. The maximum atomic E-state index is 5.46. The quantitative estimate of drug-likeness (QED) is 0.504. The van der Waals surface area contributed by atoms with Crippen molar-refractivity contribution in [3.63, 3.8) is 0 Å². The molecule has 96 valence electrons. The lowest BCUT2D eigenvalue weighted by Crippen LogP contribution is -2.22. The first-order valence-electron chi connectivity index (χ1n) is 5.76. The smallest absolute Gasteiger partial charge is 0.148 e. The predicted molar refractivity (Wildman–Crippen MR) is 71.0 cm³/mol. The Morgan fingerprint density at radius 3 is 2.47 bits per heavy atom. The zero-order valence-electron chi connectivity index (χ0n) is 11.0. The number of rotatable bonds is 6. The average Bonchev–Trinajstić information content (AvgIpc) is 2.27. The molecular weight excluding hydrogens is 216 g/mol. The van der Waals surface area contributed by atoms with Crippen LogP contribution in [0.3, 0.4) is 0 Å². The molecule has 0 aliphatic carbocycles. The van der Waals surface area contributed by atoms with Crippen LogP contribution in [0.15, 0.2) is 6.33 Å². The zero-order valence-corrected chi connectivity index (χ0v) is 11.0. The molecule has 0 radical (unpaired) electrons. The Bertz CT molecular complexity index is 350. The van der Waals surface area contributed by atoms with E-state index in [4.69, 9.17) is 5.84 Å². The van der Waals surface area contributed by atoms with Crippen LogP contribution in [-0.4, -0.2) is 42.1 Å². The summed E-state index contributed by atoms with van der Waals surface area (Å²) in [6, 6.07) is 0. The van der Waals surface area contributed by atoms with E-state index >= 15 is 0 Å². The Morgan fingerprint density at radius 2 is 1.94 bits per heavy atom. The number of hydrogen-bond donors (Lipinski definition) is 3. The molecule has 0 bridgehead atoms. The highest BCUT2D eigenvalue weighted by Gasteiger charge is 2.13.